The lowest BCUT2D eigenvalue weighted by molar-refractivity contribution is 0.755. The van der Waals surface area contributed by atoms with Gasteiger partial charge in [0.05, 0.1) is 0 Å². The van der Waals surface area contributed by atoms with Gasteiger partial charge in [-0.3, -0.25) is 0 Å². The second kappa shape index (κ2) is 6.06. The van der Waals surface area contributed by atoms with E-state index in [1.807, 2.05) is 0 Å². The van der Waals surface area contributed by atoms with E-state index in [2.05, 4.69) is 76.2 Å². The Morgan fingerprint density at radius 3 is 2.16 bits per heavy atom. The highest BCUT2D eigenvalue weighted by molar-refractivity contribution is 5.29. The summed E-state index contributed by atoms with van der Waals surface area (Å²) in [6.45, 7) is 8.96. The quantitative estimate of drug-likeness (QED) is 0.677. The first-order valence-corrected chi connectivity index (χ1v) is 7.21. The van der Waals surface area contributed by atoms with Crippen LogP contribution in [0.15, 0.2) is 48.5 Å². The van der Waals surface area contributed by atoms with Gasteiger partial charge in [-0.25, -0.2) is 0 Å². The maximum Gasteiger partial charge on any atom is -0.0150 e. The molecule has 0 aliphatic carbocycles. The summed E-state index contributed by atoms with van der Waals surface area (Å²) in [6, 6.07) is 17.9. The van der Waals surface area contributed by atoms with Crippen molar-refractivity contribution in [3.63, 3.8) is 0 Å². The molecular weight excluding hydrogens is 228 g/mol. The van der Waals surface area contributed by atoms with Crippen LogP contribution in [0.2, 0.25) is 0 Å². The minimum atomic E-state index is 0.572. The van der Waals surface area contributed by atoms with Crippen molar-refractivity contribution in [1.29, 1.82) is 0 Å². The molecule has 2 aromatic carbocycles. The monoisotopic (exact) mass is 252 g/mol. The van der Waals surface area contributed by atoms with Gasteiger partial charge in [0, 0.05) is 0 Å². The fraction of sp³-hybridized carbons (Fsp3) is 0.368. The predicted molar refractivity (Wildman–Crippen MR) is 83.8 cm³/mol. The first kappa shape index (κ1) is 13.9. The molecule has 0 heteroatoms. The zero-order valence-corrected chi connectivity index (χ0v) is 12.5. The number of aryl methyl sites for hydroxylation is 1. The Morgan fingerprint density at radius 1 is 0.842 bits per heavy atom. The summed E-state index contributed by atoms with van der Waals surface area (Å²) >= 11 is 0. The van der Waals surface area contributed by atoms with Crippen molar-refractivity contribution in [2.24, 2.45) is 0 Å². The molecular formula is C19H24. The fourth-order valence-electron chi connectivity index (χ4n) is 2.45. The molecule has 0 spiro atoms. The van der Waals surface area contributed by atoms with Crippen LogP contribution in [0, 0.1) is 6.92 Å². The summed E-state index contributed by atoms with van der Waals surface area (Å²) in [6.07, 6.45) is 1.11. The van der Waals surface area contributed by atoms with Crippen molar-refractivity contribution in [3.05, 3.63) is 70.8 Å². The largest absolute Gasteiger partial charge is 0.0617 e. The van der Waals surface area contributed by atoms with E-state index in [4.69, 9.17) is 0 Å². The van der Waals surface area contributed by atoms with Crippen molar-refractivity contribution < 1.29 is 0 Å². The van der Waals surface area contributed by atoms with Crippen LogP contribution in [-0.2, 0) is 6.42 Å². The Morgan fingerprint density at radius 2 is 1.53 bits per heavy atom. The van der Waals surface area contributed by atoms with Gasteiger partial charge in [-0.05, 0) is 41.9 Å². The highest BCUT2D eigenvalue weighted by Gasteiger charge is 2.07. The summed E-state index contributed by atoms with van der Waals surface area (Å²) in [5, 5.41) is 0. The van der Waals surface area contributed by atoms with Gasteiger partial charge >= 0.3 is 0 Å². The summed E-state index contributed by atoms with van der Waals surface area (Å²) in [5.74, 6) is 1.18. The maximum absolute atomic E-state index is 2.36. The Kier molecular flexibility index (Phi) is 4.42. The van der Waals surface area contributed by atoms with Crippen LogP contribution in [0.3, 0.4) is 0 Å². The Balaban J connectivity index is 2.12. The fourth-order valence-corrected chi connectivity index (χ4v) is 2.45. The van der Waals surface area contributed by atoms with Gasteiger partial charge in [0.25, 0.3) is 0 Å². The third-order valence-electron chi connectivity index (χ3n) is 3.81. The molecule has 0 amide bonds. The molecule has 0 saturated heterocycles. The molecule has 0 saturated carbocycles. The molecule has 0 aliphatic heterocycles. The molecule has 1 unspecified atom stereocenters. The van der Waals surface area contributed by atoms with Crippen LogP contribution in [0.25, 0.3) is 0 Å². The van der Waals surface area contributed by atoms with Gasteiger partial charge in [0.15, 0.2) is 0 Å². The first-order chi connectivity index (χ1) is 9.06. The lowest BCUT2D eigenvalue weighted by Crippen LogP contribution is -1.99. The predicted octanol–water partition coefficient (Wildman–Crippen LogP) is 5.46. The molecule has 0 N–H and O–H groups in total. The summed E-state index contributed by atoms with van der Waals surface area (Å²) in [5.41, 5.74) is 5.64. The number of hydrogen-bond acceptors (Lipinski definition) is 0. The van der Waals surface area contributed by atoms with E-state index in [0.29, 0.717) is 11.8 Å². The number of benzene rings is 2. The molecule has 0 radical (unpaired) electrons. The highest BCUT2D eigenvalue weighted by Crippen LogP contribution is 2.23. The summed E-state index contributed by atoms with van der Waals surface area (Å²) in [4.78, 5) is 0. The van der Waals surface area contributed by atoms with Crippen LogP contribution in [0.4, 0.5) is 0 Å². The topological polar surface area (TPSA) is 0 Å². The molecule has 100 valence electrons. The molecule has 2 aromatic rings. The molecule has 19 heavy (non-hydrogen) atoms. The van der Waals surface area contributed by atoms with E-state index < -0.39 is 0 Å². The molecule has 0 heterocycles. The SMILES string of the molecule is Cc1ccc(C(C)Cc2cccc(C(C)C)c2)cc1. The Labute approximate surface area is 117 Å². The van der Waals surface area contributed by atoms with Gasteiger partial charge in [-0.1, -0.05) is 74.9 Å². The molecule has 0 aliphatic rings. The molecule has 0 nitrogen and oxygen atoms in total. The third-order valence-corrected chi connectivity index (χ3v) is 3.81. The van der Waals surface area contributed by atoms with Crippen molar-refractivity contribution >= 4 is 0 Å². The summed E-state index contributed by atoms with van der Waals surface area (Å²) in [7, 11) is 0. The van der Waals surface area contributed by atoms with Gasteiger partial charge in [0.2, 0.25) is 0 Å². The van der Waals surface area contributed by atoms with E-state index in [0.717, 1.165) is 6.42 Å². The molecule has 0 fully saturated rings. The van der Waals surface area contributed by atoms with Crippen LogP contribution in [-0.4, -0.2) is 0 Å². The van der Waals surface area contributed by atoms with Gasteiger partial charge in [-0.2, -0.15) is 0 Å². The molecule has 2 rings (SSSR count). The third kappa shape index (κ3) is 3.70. The van der Waals surface area contributed by atoms with E-state index in [1.165, 1.54) is 22.3 Å². The minimum Gasteiger partial charge on any atom is -0.0617 e. The second-order valence-electron chi connectivity index (χ2n) is 5.92. The standard InChI is InChI=1S/C19H24/c1-14(2)19-7-5-6-17(13-19)12-16(4)18-10-8-15(3)9-11-18/h5-11,13-14,16H,12H2,1-4H3. The van der Waals surface area contributed by atoms with Gasteiger partial charge in [-0.15, -0.1) is 0 Å². The van der Waals surface area contributed by atoms with Crippen LogP contribution >= 0.6 is 0 Å². The van der Waals surface area contributed by atoms with Crippen LogP contribution in [0.5, 0.6) is 0 Å². The second-order valence-corrected chi connectivity index (χ2v) is 5.92. The minimum absolute atomic E-state index is 0.572. The lowest BCUT2D eigenvalue weighted by atomic mass is 9.91. The van der Waals surface area contributed by atoms with Crippen molar-refractivity contribution in [2.45, 2.75) is 46.0 Å². The lowest BCUT2D eigenvalue weighted by Gasteiger charge is -2.14. The van der Waals surface area contributed by atoms with Crippen molar-refractivity contribution in [2.75, 3.05) is 0 Å². The Hall–Kier alpha value is -1.56. The average Bonchev–Trinajstić information content (AvgIpc) is 2.39. The molecule has 0 bridgehead atoms. The number of hydrogen-bond donors (Lipinski definition) is 0. The molecule has 1 atom stereocenters. The van der Waals surface area contributed by atoms with E-state index in [9.17, 15) is 0 Å². The van der Waals surface area contributed by atoms with E-state index in [-0.39, 0.29) is 0 Å². The summed E-state index contributed by atoms with van der Waals surface area (Å²) < 4.78 is 0. The van der Waals surface area contributed by atoms with Gasteiger partial charge in [0.1, 0.15) is 0 Å². The highest BCUT2D eigenvalue weighted by atomic mass is 14.1. The van der Waals surface area contributed by atoms with Gasteiger partial charge < -0.3 is 0 Å². The number of rotatable bonds is 4. The Bertz CT molecular complexity index is 520. The average molecular weight is 252 g/mol. The zero-order chi connectivity index (χ0) is 13.8. The van der Waals surface area contributed by atoms with E-state index >= 15 is 0 Å². The molecule has 0 aromatic heterocycles. The van der Waals surface area contributed by atoms with Crippen LogP contribution in [0.1, 0.15) is 54.9 Å². The van der Waals surface area contributed by atoms with Crippen molar-refractivity contribution in [3.8, 4) is 0 Å². The van der Waals surface area contributed by atoms with E-state index in [1.54, 1.807) is 0 Å². The maximum atomic E-state index is 2.36. The van der Waals surface area contributed by atoms with Crippen molar-refractivity contribution in [1.82, 2.24) is 0 Å². The van der Waals surface area contributed by atoms with Crippen LogP contribution < -0.4 is 0 Å². The zero-order valence-electron chi connectivity index (χ0n) is 12.5. The smallest absolute Gasteiger partial charge is 0.0150 e. The first-order valence-electron chi connectivity index (χ1n) is 7.21. The normalized spacial score (nSPS) is 12.7.